The standard InChI is InChI=1S/C16H18ClFN2/c1-11(19)13-7-5-9-15(18)16(13)20(2)10-12-6-3-4-8-14(12)17/h3-9,11H,10,19H2,1-2H3/t11-/m1/s1. The first-order chi connectivity index (χ1) is 9.50. The van der Waals surface area contributed by atoms with Crippen LogP contribution in [-0.2, 0) is 6.54 Å². The van der Waals surface area contributed by atoms with Gasteiger partial charge in [0.25, 0.3) is 0 Å². The topological polar surface area (TPSA) is 29.3 Å². The number of anilines is 1. The molecular formula is C16H18ClFN2. The first-order valence-corrected chi connectivity index (χ1v) is 6.87. The number of benzene rings is 2. The minimum atomic E-state index is -0.269. The molecule has 2 aromatic rings. The average Bonchev–Trinajstić information content (AvgIpc) is 2.40. The maximum Gasteiger partial charge on any atom is 0.146 e. The van der Waals surface area contributed by atoms with Crippen molar-refractivity contribution >= 4 is 17.3 Å². The van der Waals surface area contributed by atoms with Crippen molar-refractivity contribution in [3.8, 4) is 0 Å². The molecule has 0 bridgehead atoms. The van der Waals surface area contributed by atoms with E-state index in [2.05, 4.69) is 0 Å². The predicted octanol–water partition coefficient (Wildman–Crippen LogP) is 4.14. The molecule has 20 heavy (non-hydrogen) atoms. The summed E-state index contributed by atoms with van der Waals surface area (Å²) in [6.45, 7) is 2.38. The summed E-state index contributed by atoms with van der Waals surface area (Å²) in [5, 5.41) is 0.679. The minimum Gasteiger partial charge on any atom is -0.368 e. The van der Waals surface area contributed by atoms with E-state index in [-0.39, 0.29) is 11.9 Å². The number of halogens is 2. The lowest BCUT2D eigenvalue weighted by Crippen LogP contribution is -2.21. The van der Waals surface area contributed by atoms with Crippen molar-refractivity contribution in [3.05, 3.63) is 64.4 Å². The Hall–Kier alpha value is -1.58. The smallest absolute Gasteiger partial charge is 0.146 e. The van der Waals surface area contributed by atoms with Gasteiger partial charge in [-0.3, -0.25) is 0 Å². The van der Waals surface area contributed by atoms with Crippen molar-refractivity contribution in [2.45, 2.75) is 19.5 Å². The zero-order chi connectivity index (χ0) is 14.7. The van der Waals surface area contributed by atoms with Gasteiger partial charge in [0.1, 0.15) is 5.82 Å². The molecule has 0 unspecified atom stereocenters. The molecule has 2 nitrogen and oxygen atoms in total. The van der Waals surface area contributed by atoms with Crippen LogP contribution in [0.2, 0.25) is 5.02 Å². The van der Waals surface area contributed by atoms with E-state index in [1.54, 1.807) is 6.07 Å². The van der Waals surface area contributed by atoms with Crippen LogP contribution in [0.1, 0.15) is 24.1 Å². The summed E-state index contributed by atoms with van der Waals surface area (Å²) in [4.78, 5) is 1.84. The zero-order valence-corrected chi connectivity index (χ0v) is 12.4. The Bertz CT molecular complexity index is 599. The first kappa shape index (κ1) is 14.8. The van der Waals surface area contributed by atoms with Crippen LogP contribution >= 0.6 is 11.6 Å². The van der Waals surface area contributed by atoms with Crippen LogP contribution in [0.4, 0.5) is 10.1 Å². The molecule has 2 rings (SSSR count). The second kappa shape index (κ2) is 6.25. The maximum atomic E-state index is 14.1. The lowest BCUT2D eigenvalue weighted by Gasteiger charge is -2.25. The highest BCUT2D eigenvalue weighted by Gasteiger charge is 2.16. The van der Waals surface area contributed by atoms with E-state index < -0.39 is 0 Å². The summed E-state index contributed by atoms with van der Waals surface area (Å²) in [6.07, 6.45) is 0. The number of hydrogen-bond acceptors (Lipinski definition) is 2. The molecule has 0 aliphatic carbocycles. The van der Waals surface area contributed by atoms with Crippen LogP contribution in [0.5, 0.6) is 0 Å². The summed E-state index contributed by atoms with van der Waals surface area (Å²) >= 11 is 6.15. The normalized spacial score (nSPS) is 12.2. The molecular weight excluding hydrogens is 275 g/mol. The number of nitrogens with zero attached hydrogens (tertiary/aromatic N) is 1. The van der Waals surface area contributed by atoms with Crippen LogP contribution in [0.3, 0.4) is 0 Å². The van der Waals surface area contributed by atoms with Crippen LogP contribution in [-0.4, -0.2) is 7.05 Å². The quantitative estimate of drug-likeness (QED) is 0.918. The van der Waals surface area contributed by atoms with E-state index in [0.29, 0.717) is 17.3 Å². The Morgan fingerprint density at radius 1 is 1.20 bits per heavy atom. The van der Waals surface area contributed by atoms with Gasteiger partial charge in [0.05, 0.1) is 5.69 Å². The molecule has 1 atom stereocenters. The van der Waals surface area contributed by atoms with E-state index in [4.69, 9.17) is 17.3 Å². The maximum absolute atomic E-state index is 14.1. The van der Waals surface area contributed by atoms with Gasteiger partial charge >= 0.3 is 0 Å². The van der Waals surface area contributed by atoms with E-state index in [9.17, 15) is 4.39 Å². The summed E-state index contributed by atoms with van der Waals surface area (Å²) in [5.74, 6) is -0.269. The van der Waals surface area contributed by atoms with Crippen molar-refractivity contribution < 1.29 is 4.39 Å². The molecule has 0 saturated carbocycles. The van der Waals surface area contributed by atoms with E-state index in [0.717, 1.165) is 11.1 Å². The van der Waals surface area contributed by atoms with Crippen LogP contribution in [0.25, 0.3) is 0 Å². The van der Waals surface area contributed by atoms with Gasteiger partial charge in [0, 0.05) is 24.7 Å². The fraction of sp³-hybridized carbons (Fsp3) is 0.250. The first-order valence-electron chi connectivity index (χ1n) is 6.49. The van der Waals surface area contributed by atoms with Gasteiger partial charge in [-0.1, -0.05) is 41.9 Å². The SMILES string of the molecule is C[C@@H](N)c1cccc(F)c1N(C)Cc1ccccc1Cl. The number of para-hydroxylation sites is 1. The minimum absolute atomic E-state index is 0.227. The van der Waals surface area contributed by atoms with Crippen LogP contribution in [0.15, 0.2) is 42.5 Å². The Kier molecular flexibility index (Phi) is 4.63. The molecule has 0 heterocycles. The van der Waals surface area contributed by atoms with Gasteiger partial charge in [-0.2, -0.15) is 0 Å². The number of hydrogen-bond donors (Lipinski definition) is 1. The highest BCUT2D eigenvalue weighted by atomic mass is 35.5. The molecule has 0 fully saturated rings. The summed E-state index contributed by atoms with van der Waals surface area (Å²) < 4.78 is 14.1. The average molecular weight is 293 g/mol. The zero-order valence-electron chi connectivity index (χ0n) is 11.6. The van der Waals surface area contributed by atoms with Gasteiger partial charge in [0.2, 0.25) is 0 Å². The second-order valence-corrected chi connectivity index (χ2v) is 5.32. The molecule has 0 spiro atoms. The number of rotatable bonds is 4. The van der Waals surface area contributed by atoms with Gasteiger partial charge in [-0.15, -0.1) is 0 Å². The Morgan fingerprint density at radius 2 is 1.90 bits per heavy atom. The van der Waals surface area contributed by atoms with Crippen molar-refractivity contribution in [1.82, 2.24) is 0 Å². The molecule has 4 heteroatoms. The number of nitrogens with two attached hydrogens (primary N) is 1. The lowest BCUT2D eigenvalue weighted by atomic mass is 10.0. The molecule has 2 N–H and O–H groups in total. The van der Waals surface area contributed by atoms with Crippen LogP contribution in [0, 0.1) is 5.82 Å². The molecule has 0 saturated heterocycles. The molecule has 0 radical (unpaired) electrons. The van der Waals surface area contributed by atoms with Crippen molar-refractivity contribution in [1.29, 1.82) is 0 Å². The van der Waals surface area contributed by atoms with Gasteiger partial charge in [-0.25, -0.2) is 4.39 Å². The largest absolute Gasteiger partial charge is 0.368 e. The fourth-order valence-corrected chi connectivity index (χ4v) is 2.46. The second-order valence-electron chi connectivity index (χ2n) is 4.91. The van der Waals surface area contributed by atoms with Gasteiger partial charge < -0.3 is 10.6 Å². The predicted molar refractivity (Wildman–Crippen MR) is 82.6 cm³/mol. The van der Waals surface area contributed by atoms with Gasteiger partial charge in [-0.05, 0) is 30.2 Å². The third-order valence-electron chi connectivity index (χ3n) is 3.26. The Balaban J connectivity index is 2.34. The molecule has 2 aromatic carbocycles. The third kappa shape index (κ3) is 3.11. The van der Waals surface area contributed by atoms with Gasteiger partial charge in [0.15, 0.2) is 0 Å². The molecule has 0 aliphatic rings. The highest BCUT2D eigenvalue weighted by molar-refractivity contribution is 6.31. The highest BCUT2D eigenvalue weighted by Crippen LogP contribution is 2.29. The van der Waals surface area contributed by atoms with Crippen molar-refractivity contribution in [3.63, 3.8) is 0 Å². The lowest BCUT2D eigenvalue weighted by molar-refractivity contribution is 0.616. The Morgan fingerprint density at radius 3 is 2.55 bits per heavy atom. The molecule has 0 aromatic heterocycles. The summed E-state index contributed by atoms with van der Waals surface area (Å²) in [6, 6.07) is 12.3. The van der Waals surface area contributed by atoms with E-state index >= 15 is 0 Å². The molecule has 0 amide bonds. The summed E-state index contributed by atoms with van der Waals surface area (Å²) in [7, 11) is 1.84. The van der Waals surface area contributed by atoms with E-state index in [1.807, 2.05) is 49.2 Å². The fourth-order valence-electron chi connectivity index (χ4n) is 2.26. The van der Waals surface area contributed by atoms with E-state index in [1.165, 1.54) is 6.07 Å². The van der Waals surface area contributed by atoms with Crippen LogP contribution < -0.4 is 10.6 Å². The summed E-state index contributed by atoms with van der Waals surface area (Å²) in [5.41, 5.74) is 8.20. The Labute approximate surface area is 124 Å². The van der Waals surface area contributed by atoms with Crippen molar-refractivity contribution in [2.75, 3.05) is 11.9 Å². The monoisotopic (exact) mass is 292 g/mol. The molecule has 0 aliphatic heterocycles. The molecule has 106 valence electrons. The third-order valence-corrected chi connectivity index (χ3v) is 3.62. The van der Waals surface area contributed by atoms with Crippen molar-refractivity contribution in [2.24, 2.45) is 5.73 Å².